The maximum absolute atomic E-state index is 11.5. The third kappa shape index (κ3) is 3.01. The number of β-lactam (4-membered cyclic amide) rings is 1. The van der Waals surface area contributed by atoms with E-state index in [1.807, 2.05) is 18.2 Å². The molecule has 7 nitrogen and oxygen atoms in total. The lowest BCUT2D eigenvalue weighted by atomic mass is 9.99. The Morgan fingerprint density at radius 2 is 2.00 bits per heavy atom. The minimum absolute atomic E-state index is 0.0856. The number of carbonyl (C=O) groups is 3. The first-order chi connectivity index (χ1) is 9.08. The number of hydrogen-bond acceptors (Lipinski definition) is 4. The quantitative estimate of drug-likeness (QED) is 0.621. The van der Waals surface area contributed by atoms with Gasteiger partial charge < -0.3 is 21.1 Å². The fourth-order valence-corrected chi connectivity index (χ4v) is 1.66. The number of benzene rings is 1. The van der Waals surface area contributed by atoms with Crippen molar-refractivity contribution < 1.29 is 19.1 Å². The van der Waals surface area contributed by atoms with Crippen molar-refractivity contribution in [2.24, 2.45) is 5.73 Å². The Balaban J connectivity index is 1.81. The molecule has 3 amide bonds. The predicted octanol–water partition coefficient (Wildman–Crippen LogP) is -0.735. The first kappa shape index (κ1) is 12.9. The maximum atomic E-state index is 11.5. The SMILES string of the molecule is NC(=O)C1NC(=O)C1NC(=O)OCc1ccccc1. The summed E-state index contributed by atoms with van der Waals surface area (Å²) < 4.78 is 4.93. The molecule has 1 aliphatic rings. The lowest BCUT2D eigenvalue weighted by molar-refractivity contribution is -0.138. The molecule has 1 aromatic carbocycles. The molecule has 0 saturated carbocycles. The van der Waals surface area contributed by atoms with E-state index in [2.05, 4.69) is 10.6 Å². The summed E-state index contributed by atoms with van der Waals surface area (Å²) in [6.07, 6.45) is -0.769. The summed E-state index contributed by atoms with van der Waals surface area (Å²) in [5.41, 5.74) is 5.87. The molecule has 1 aliphatic heterocycles. The number of alkyl carbamates (subject to hydrolysis) is 1. The molecular formula is C12H13N3O4. The van der Waals surface area contributed by atoms with Crippen LogP contribution in [-0.2, 0) is 20.9 Å². The van der Waals surface area contributed by atoms with Gasteiger partial charge in [-0.3, -0.25) is 9.59 Å². The van der Waals surface area contributed by atoms with Crippen LogP contribution in [0.1, 0.15) is 5.56 Å². The van der Waals surface area contributed by atoms with E-state index < -0.39 is 30.0 Å². The van der Waals surface area contributed by atoms with Gasteiger partial charge in [0.25, 0.3) is 0 Å². The van der Waals surface area contributed by atoms with E-state index in [4.69, 9.17) is 10.5 Å². The standard InChI is InChI=1S/C12H13N3O4/c13-10(16)8-9(11(17)14-8)15-12(18)19-6-7-4-2-1-3-5-7/h1-5,8-9H,6H2,(H2,13,16)(H,14,17)(H,15,18). The number of ether oxygens (including phenoxy) is 1. The normalized spacial score (nSPS) is 20.9. The molecule has 2 atom stereocenters. The summed E-state index contributed by atoms with van der Waals surface area (Å²) in [5.74, 6) is -1.16. The van der Waals surface area contributed by atoms with Crippen molar-refractivity contribution in [3.05, 3.63) is 35.9 Å². The van der Waals surface area contributed by atoms with Crippen molar-refractivity contribution in [1.29, 1.82) is 0 Å². The van der Waals surface area contributed by atoms with Crippen LogP contribution in [0.4, 0.5) is 4.79 Å². The van der Waals surface area contributed by atoms with Gasteiger partial charge in [0, 0.05) is 0 Å². The minimum atomic E-state index is -0.958. The van der Waals surface area contributed by atoms with Gasteiger partial charge in [0.2, 0.25) is 11.8 Å². The molecule has 2 rings (SSSR count). The van der Waals surface area contributed by atoms with Crippen molar-refractivity contribution in [2.45, 2.75) is 18.7 Å². The van der Waals surface area contributed by atoms with E-state index in [1.165, 1.54) is 0 Å². The molecule has 1 saturated heterocycles. The Hall–Kier alpha value is -2.57. The van der Waals surface area contributed by atoms with Gasteiger partial charge in [-0.05, 0) is 5.56 Å². The molecule has 0 aromatic heterocycles. The molecule has 0 spiro atoms. The van der Waals surface area contributed by atoms with E-state index >= 15 is 0 Å². The molecule has 19 heavy (non-hydrogen) atoms. The largest absolute Gasteiger partial charge is 0.445 e. The molecule has 4 N–H and O–H groups in total. The predicted molar refractivity (Wildman–Crippen MR) is 64.7 cm³/mol. The zero-order chi connectivity index (χ0) is 13.8. The topological polar surface area (TPSA) is 111 Å². The average molecular weight is 263 g/mol. The van der Waals surface area contributed by atoms with Crippen LogP contribution in [0.2, 0.25) is 0 Å². The first-order valence-electron chi connectivity index (χ1n) is 5.65. The molecule has 1 aromatic rings. The Morgan fingerprint density at radius 3 is 2.58 bits per heavy atom. The molecule has 0 aliphatic carbocycles. The van der Waals surface area contributed by atoms with Crippen molar-refractivity contribution in [1.82, 2.24) is 10.6 Å². The highest BCUT2D eigenvalue weighted by molar-refractivity contribution is 6.02. The lowest BCUT2D eigenvalue weighted by Gasteiger charge is -2.34. The van der Waals surface area contributed by atoms with Crippen LogP contribution in [0.25, 0.3) is 0 Å². The van der Waals surface area contributed by atoms with E-state index in [9.17, 15) is 14.4 Å². The van der Waals surface area contributed by atoms with E-state index in [1.54, 1.807) is 12.1 Å². The molecule has 0 radical (unpaired) electrons. The Labute approximate surface area is 109 Å². The summed E-state index contributed by atoms with van der Waals surface area (Å²) in [4.78, 5) is 33.5. The van der Waals surface area contributed by atoms with E-state index in [0.29, 0.717) is 0 Å². The molecule has 1 fully saturated rings. The molecule has 1 heterocycles. The molecule has 7 heteroatoms. The maximum Gasteiger partial charge on any atom is 0.408 e. The first-order valence-corrected chi connectivity index (χ1v) is 5.65. The van der Waals surface area contributed by atoms with Gasteiger partial charge in [-0.25, -0.2) is 4.79 Å². The second-order valence-electron chi connectivity index (χ2n) is 4.07. The van der Waals surface area contributed by atoms with E-state index in [0.717, 1.165) is 5.56 Å². The fourth-order valence-electron chi connectivity index (χ4n) is 1.66. The lowest BCUT2D eigenvalue weighted by Crippen LogP contribution is -2.73. The Morgan fingerprint density at radius 1 is 1.32 bits per heavy atom. The highest BCUT2D eigenvalue weighted by Gasteiger charge is 2.44. The number of primary amides is 1. The fraction of sp³-hybridized carbons (Fsp3) is 0.250. The van der Waals surface area contributed by atoms with Crippen LogP contribution in [0.5, 0.6) is 0 Å². The third-order valence-electron chi connectivity index (χ3n) is 2.71. The second-order valence-corrected chi connectivity index (χ2v) is 4.07. The smallest absolute Gasteiger partial charge is 0.408 e. The van der Waals surface area contributed by atoms with Gasteiger partial charge >= 0.3 is 6.09 Å². The summed E-state index contributed by atoms with van der Waals surface area (Å²) in [6.45, 7) is 0.0856. The van der Waals surface area contributed by atoms with Gasteiger partial charge in [-0.1, -0.05) is 30.3 Å². The van der Waals surface area contributed by atoms with Gasteiger partial charge in [0.15, 0.2) is 0 Å². The molecule has 0 bridgehead atoms. The Bertz CT molecular complexity index is 503. The van der Waals surface area contributed by atoms with Gasteiger partial charge in [0.1, 0.15) is 18.7 Å². The summed E-state index contributed by atoms with van der Waals surface area (Å²) in [7, 11) is 0. The van der Waals surface area contributed by atoms with Crippen molar-refractivity contribution in [3.8, 4) is 0 Å². The number of amides is 3. The minimum Gasteiger partial charge on any atom is -0.445 e. The van der Waals surface area contributed by atoms with Gasteiger partial charge in [-0.15, -0.1) is 0 Å². The zero-order valence-corrected chi connectivity index (χ0v) is 9.96. The summed E-state index contributed by atoms with van der Waals surface area (Å²) in [6, 6.07) is 7.25. The average Bonchev–Trinajstić information content (AvgIpc) is 2.40. The van der Waals surface area contributed by atoms with Crippen molar-refractivity contribution in [2.75, 3.05) is 0 Å². The van der Waals surface area contributed by atoms with Crippen LogP contribution in [0, 0.1) is 0 Å². The number of nitrogens with one attached hydrogen (secondary N) is 2. The van der Waals surface area contributed by atoms with Crippen LogP contribution >= 0.6 is 0 Å². The monoisotopic (exact) mass is 263 g/mol. The van der Waals surface area contributed by atoms with Gasteiger partial charge in [0.05, 0.1) is 0 Å². The van der Waals surface area contributed by atoms with E-state index in [-0.39, 0.29) is 6.61 Å². The highest BCUT2D eigenvalue weighted by Crippen LogP contribution is 2.07. The molecular weight excluding hydrogens is 250 g/mol. The summed E-state index contributed by atoms with van der Waals surface area (Å²) in [5, 5.41) is 4.58. The van der Waals surface area contributed by atoms with Crippen molar-refractivity contribution >= 4 is 17.9 Å². The molecule has 2 unspecified atom stereocenters. The summed E-state index contributed by atoms with van der Waals surface area (Å²) >= 11 is 0. The van der Waals surface area contributed by atoms with Crippen molar-refractivity contribution in [3.63, 3.8) is 0 Å². The van der Waals surface area contributed by atoms with Gasteiger partial charge in [-0.2, -0.15) is 0 Å². The highest BCUT2D eigenvalue weighted by atomic mass is 16.5. The number of hydrogen-bond donors (Lipinski definition) is 3. The van der Waals surface area contributed by atoms with Crippen LogP contribution < -0.4 is 16.4 Å². The number of rotatable bonds is 4. The third-order valence-corrected chi connectivity index (χ3v) is 2.71. The van der Waals surface area contributed by atoms with Crippen LogP contribution in [-0.4, -0.2) is 30.0 Å². The zero-order valence-electron chi connectivity index (χ0n) is 9.96. The Kier molecular flexibility index (Phi) is 3.65. The second kappa shape index (κ2) is 5.38. The van der Waals surface area contributed by atoms with Crippen LogP contribution in [0.15, 0.2) is 30.3 Å². The molecule has 100 valence electrons. The van der Waals surface area contributed by atoms with Crippen LogP contribution in [0.3, 0.4) is 0 Å². The number of carbonyl (C=O) groups excluding carboxylic acids is 3. The number of nitrogens with two attached hydrogens (primary N) is 1.